The third kappa shape index (κ3) is 6.32. The molecule has 2 fully saturated rings. The molecule has 5 atom stereocenters. The summed E-state index contributed by atoms with van der Waals surface area (Å²) in [6, 6.07) is 11.3. The van der Waals surface area contributed by atoms with Crippen LogP contribution in [0.2, 0.25) is 10.0 Å². The van der Waals surface area contributed by atoms with Gasteiger partial charge in [-0.2, -0.15) is 0 Å². The number of carbonyl (C=O) groups excluding carboxylic acids is 2. The number of amides is 2. The third-order valence-electron chi connectivity index (χ3n) is 8.42. The number of benzene rings is 2. The first kappa shape index (κ1) is 29.7. The lowest BCUT2D eigenvalue weighted by Crippen LogP contribution is -2.55. The quantitative estimate of drug-likeness (QED) is 0.296. The number of aromatic nitrogens is 1. The largest absolute Gasteiger partial charge is 0.479 e. The molecule has 3 aromatic rings. The minimum atomic E-state index is -1.37. The fourth-order valence-corrected chi connectivity index (χ4v) is 7.16. The Morgan fingerprint density at radius 1 is 1.14 bits per heavy atom. The molecule has 2 aromatic carbocycles. The minimum Gasteiger partial charge on any atom is -0.479 e. The van der Waals surface area contributed by atoms with Gasteiger partial charge in [0.25, 0.3) is 5.19 Å². The van der Waals surface area contributed by atoms with Crippen LogP contribution in [0.15, 0.2) is 54.6 Å². The summed E-state index contributed by atoms with van der Waals surface area (Å²) in [5.74, 6) is -2.11. The average Bonchev–Trinajstić information content (AvgIpc) is 3.30. The Labute approximate surface area is 263 Å². The van der Waals surface area contributed by atoms with Gasteiger partial charge in [-0.15, -0.1) is 0 Å². The van der Waals surface area contributed by atoms with Crippen molar-refractivity contribution in [1.82, 2.24) is 15.2 Å². The second kappa shape index (κ2) is 12.3. The van der Waals surface area contributed by atoms with Gasteiger partial charge < -0.3 is 25.4 Å². The Kier molecular flexibility index (Phi) is 8.53. The van der Waals surface area contributed by atoms with Crippen LogP contribution in [-0.2, 0) is 14.4 Å². The summed E-state index contributed by atoms with van der Waals surface area (Å²) in [4.78, 5) is 46.5. The first-order valence-corrected chi connectivity index (χ1v) is 16.1. The van der Waals surface area contributed by atoms with Crippen LogP contribution in [0.3, 0.4) is 0 Å². The molecule has 1 saturated heterocycles. The van der Waals surface area contributed by atoms with Crippen LogP contribution in [0.1, 0.15) is 44.9 Å². The number of rotatable bonds is 5. The zero-order chi connectivity index (χ0) is 30.1. The Morgan fingerprint density at radius 3 is 2.77 bits per heavy atom. The smallest absolute Gasteiger partial charge is 0.330 e. The van der Waals surface area contributed by atoms with Gasteiger partial charge in [-0.1, -0.05) is 71.7 Å². The topological polar surface area (TPSA) is 121 Å². The van der Waals surface area contributed by atoms with Crippen LogP contribution in [0.4, 0.5) is 5.69 Å². The lowest BCUT2D eigenvalue weighted by molar-refractivity contribution is -0.145. The van der Waals surface area contributed by atoms with Gasteiger partial charge in [0.15, 0.2) is 0 Å². The van der Waals surface area contributed by atoms with Crippen LogP contribution in [-0.4, -0.2) is 63.0 Å². The first-order valence-electron chi connectivity index (χ1n) is 14.5. The maximum Gasteiger partial charge on any atom is 0.330 e. The lowest BCUT2D eigenvalue weighted by atomic mass is 10.0. The number of aliphatic carboxylic acids is 1. The second-order valence-corrected chi connectivity index (χ2v) is 13.2. The van der Waals surface area contributed by atoms with Crippen LogP contribution < -0.4 is 15.4 Å². The number of nitrogens with one attached hydrogen (secondary N) is 2. The minimum absolute atomic E-state index is 0.163. The molecule has 6 rings (SSSR count). The van der Waals surface area contributed by atoms with Crippen molar-refractivity contribution in [3.05, 3.63) is 64.7 Å². The molecule has 1 saturated carbocycles. The number of carboxylic acid groups (broad SMARTS) is 1. The summed E-state index contributed by atoms with van der Waals surface area (Å²) in [6.45, 7) is 0.163. The van der Waals surface area contributed by atoms with Crippen LogP contribution in [0.5, 0.6) is 5.19 Å². The highest BCUT2D eigenvalue weighted by atomic mass is 35.5. The van der Waals surface area contributed by atoms with Gasteiger partial charge in [0, 0.05) is 18.0 Å². The van der Waals surface area contributed by atoms with Crippen LogP contribution >= 0.6 is 34.5 Å². The van der Waals surface area contributed by atoms with Gasteiger partial charge in [0.05, 0.1) is 26.8 Å². The van der Waals surface area contributed by atoms with E-state index in [-0.39, 0.29) is 24.8 Å². The molecule has 226 valence electrons. The third-order valence-corrected chi connectivity index (χ3v) is 10.1. The molecule has 2 aliphatic heterocycles. The molecule has 12 heteroatoms. The van der Waals surface area contributed by atoms with Gasteiger partial charge in [-0.05, 0) is 56.0 Å². The van der Waals surface area contributed by atoms with E-state index >= 15 is 0 Å². The Morgan fingerprint density at radius 2 is 1.98 bits per heavy atom. The number of allylic oxidation sites excluding steroid dienone is 1. The molecular formula is C31H32Cl2N4O5S. The molecule has 0 unspecified atom stereocenters. The maximum absolute atomic E-state index is 14.2. The van der Waals surface area contributed by atoms with Crippen molar-refractivity contribution in [2.75, 3.05) is 11.9 Å². The molecule has 43 heavy (non-hydrogen) atoms. The highest BCUT2D eigenvalue weighted by Gasteiger charge is 2.61. The van der Waals surface area contributed by atoms with E-state index in [1.54, 1.807) is 18.2 Å². The van der Waals surface area contributed by atoms with Crippen molar-refractivity contribution >= 4 is 68.2 Å². The van der Waals surface area contributed by atoms with E-state index in [0.29, 0.717) is 33.8 Å². The monoisotopic (exact) mass is 642 g/mol. The number of hydrogen-bond donors (Lipinski definition) is 3. The van der Waals surface area contributed by atoms with Gasteiger partial charge in [0.2, 0.25) is 11.8 Å². The molecule has 0 bridgehead atoms. The van der Waals surface area contributed by atoms with Gasteiger partial charge in [-0.3, -0.25) is 9.59 Å². The highest BCUT2D eigenvalue weighted by Crippen LogP contribution is 2.45. The van der Waals surface area contributed by atoms with Crippen LogP contribution in [0, 0.1) is 5.92 Å². The number of thiazole rings is 1. The molecule has 3 heterocycles. The summed E-state index contributed by atoms with van der Waals surface area (Å²) in [6.07, 6.45) is 7.88. The number of anilines is 1. The zero-order valence-corrected chi connectivity index (χ0v) is 25.6. The number of hydrogen-bond acceptors (Lipinski definition) is 7. The van der Waals surface area contributed by atoms with E-state index in [4.69, 9.17) is 27.9 Å². The van der Waals surface area contributed by atoms with Crippen molar-refractivity contribution < 1.29 is 24.2 Å². The van der Waals surface area contributed by atoms with E-state index in [2.05, 4.69) is 15.6 Å². The molecule has 3 N–H and O–H groups in total. The normalized spacial score (nSPS) is 28.7. The molecular weight excluding hydrogens is 611 g/mol. The summed E-state index contributed by atoms with van der Waals surface area (Å²) < 4.78 is 7.22. The predicted octanol–water partition coefficient (Wildman–Crippen LogP) is 5.91. The van der Waals surface area contributed by atoms with Gasteiger partial charge >= 0.3 is 5.97 Å². The summed E-state index contributed by atoms with van der Waals surface area (Å²) in [5, 5.41) is 17.4. The molecule has 1 aliphatic carbocycles. The van der Waals surface area contributed by atoms with Crippen molar-refractivity contribution in [1.29, 1.82) is 0 Å². The Hall–Kier alpha value is -3.34. The standard InChI is InChI=1S/C31H32Cl2N4O5S/c32-21-13-12-19(14-22(21)33)34-24-10-5-3-1-2-4-8-18-16-31(18,29(40)41)36-27(38)25-15-20(17-37(25)28(24)39)42-30-35-23-9-6-7-11-26(23)43-30/h4,6-9,11-14,18,20,24-25,34H,1-3,5,10,15-17H2,(H,36,38)(H,40,41)/b8-4-/t18-,20-,24+,25+,31-/m1/s1. The van der Waals surface area contributed by atoms with Crippen molar-refractivity contribution in [3.63, 3.8) is 0 Å². The van der Waals surface area contributed by atoms with Gasteiger partial charge in [0.1, 0.15) is 23.7 Å². The van der Waals surface area contributed by atoms with Gasteiger partial charge in [-0.25, -0.2) is 9.78 Å². The summed E-state index contributed by atoms with van der Waals surface area (Å²) in [7, 11) is 0. The fraction of sp³-hybridized carbons (Fsp3) is 0.419. The highest BCUT2D eigenvalue weighted by molar-refractivity contribution is 7.20. The Bertz CT molecular complexity index is 1550. The molecule has 0 spiro atoms. The molecule has 1 aromatic heterocycles. The van der Waals surface area contributed by atoms with Crippen molar-refractivity contribution in [2.45, 2.75) is 68.7 Å². The maximum atomic E-state index is 14.2. The summed E-state index contributed by atoms with van der Waals surface area (Å²) in [5.41, 5.74) is 0.0830. The van der Waals surface area contributed by atoms with E-state index in [0.717, 1.165) is 35.9 Å². The number of nitrogens with zero attached hydrogens (tertiary/aromatic N) is 2. The second-order valence-electron chi connectivity index (χ2n) is 11.4. The molecule has 9 nitrogen and oxygen atoms in total. The predicted molar refractivity (Wildman–Crippen MR) is 167 cm³/mol. The summed E-state index contributed by atoms with van der Waals surface area (Å²) >= 11 is 13.8. The van der Waals surface area contributed by atoms with E-state index < -0.39 is 35.6 Å². The van der Waals surface area contributed by atoms with Crippen LogP contribution in [0.25, 0.3) is 10.2 Å². The molecule has 0 radical (unpaired) electrons. The van der Waals surface area contributed by atoms with E-state index in [9.17, 15) is 19.5 Å². The Balaban J connectivity index is 1.29. The first-order chi connectivity index (χ1) is 20.7. The molecule has 2 amide bonds. The fourth-order valence-electron chi connectivity index (χ4n) is 5.98. The average molecular weight is 644 g/mol. The number of fused-ring (bicyclic) bond motifs is 3. The number of halogens is 2. The van der Waals surface area contributed by atoms with E-state index in [1.807, 2.05) is 36.4 Å². The number of carboxylic acids is 1. The van der Waals surface area contributed by atoms with Crippen molar-refractivity contribution in [2.24, 2.45) is 5.92 Å². The lowest BCUT2D eigenvalue weighted by Gasteiger charge is -2.30. The number of para-hydroxylation sites is 1. The zero-order valence-electron chi connectivity index (χ0n) is 23.3. The number of carbonyl (C=O) groups is 3. The van der Waals surface area contributed by atoms with E-state index in [1.165, 1.54) is 16.2 Å². The number of ether oxygens (including phenoxy) is 1. The molecule has 3 aliphatic rings. The SMILES string of the molecule is O=C1N[C@]2(C(=O)O)C[C@H]2/C=C\CCCCC[C@H](Nc2ccc(Cl)c(Cl)c2)C(=O)N2C[C@H](Oc3nc4ccccc4s3)C[C@@H]12. The van der Waals surface area contributed by atoms with Crippen molar-refractivity contribution in [3.8, 4) is 5.19 Å².